The van der Waals surface area contributed by atoms with Crippen LogP contribution in [0.25, 0.3) is 5.76 Å². The number of benzene rings is 2. The predicted octanol–water partition coefficient (Wildman–Crippen LogP) is 3.07. The molecule has 0 amide bonds. The van der Waals surface area contributed by atoms with E-state index in [4.69, 9.17) is 4.74 Å². The first-order valence-electron chi connectivity index (χ1n) is 7.78. The quantitative estimate of drug-likeness (QED) is 0.685. The van der Waals surface area contributed by atoms with Crippen LogP contribution in [0.4, 0.5) is 0 Å². The molecule has 0 bridgehead atoms. The number of carbonyl (C=O) groups is 3. The van der Waals surface area contributed by atoms with Crippen molar-refractivity contribution in [3.63, 3.8) is 0 Å². The van der Waals surface area contributed by atoms with Crippen molar-refractivity contribution in [1.29, 1.82) is 0 Å². The molecule has 1 aliphatic carbocycles. The average molecular weight is 336 g/mol. The molecule has 5 heteroatoms. The summed E-state index contributed by atoms with van der Waals surface area (Å²) in [7, 11) is 1.25. The summed E-state index contributed by atoms with van der Waals surface area (Å²) in [5, 5.41) is 10.7. The van der Waals surface area contributed by atoms with Gasteiger partial charge in [-0.05, 0) is 5.56 Å². The van der Waals surface area contributed by atoms with Gasteiger partial charge < -0.3 is 9.84 Å². The fourth-order valence-corrected chi connectivity index (χ4v) is 3.03. The van der Waals surface area contributed by atoms with Gasteiger partial charge in [0.25, 0.3) is 0 Å². The lowest BCUT2D eigenvalue weighted by molar-refractivity contribution is -0.140. The van der Waals surface area contributed by atoms with E-state index in [9.17, 15) is 19.5 Å². The van der Waals surface area contributed by atoms with E-state index in [1.54, 1.807) is 48.5 Å². The van der Waals surface area contributed by atoms with Crippen LogP contribution in [0, 0.1) is 0 Å². The van der Waals surface area contributed by atoms with Gasteiger partial charge in [-0.15, -0.1) is 0 Å². The molecule has 0 heterocycles. The van der Waals surface area contributed by atoms with Gasteiger partial charge in [-0.1, -0.05) is 54.6 Å². The van der Waals surface area contributed by atoms with Crippen LogP contribution in [-0.2, 0) is 14.3 Å². The van der Waals surface area contributed by atoms with E-state index in [2.05, 4.69) is 0 Å². The molecule has 1 aliphatic rings. The smallest absolute Gasteiger partial charge is 0.306 e. The number of aliphatic hydroxyl groups is 1. The molecule has 0 aromatic heterocycles. The first-order valence-corrected chi connectivity index (χ1v) is 7.78. The van der Waals surface area contributed by atoms with Crippen LogP contribution in [0.15, 0.2) is 60.2 Å². The summed E-state index contributed by atoms with van der Waals surface area (Å²) in [6.45, 7) is 0. The molecule has 3 rings (SSSR count). The number of fused-ring (bicyclic) bond motifs is 1. The van der Waals surface area contributed by atoms with Gasteiger partial charge in [0.2, 0.25) is 11.6 Å². The molecular formula is C20H16O5. The summed E-state index contributed by atoms with van der Waals surface area (Å²) in [6, 6.07) is 15.2. The van der Waals surface area contributed by atoms with E-state index in [1.807, 2.05) is 0 Å². The van der Waals surface area contributed by atoms with Gasteiger partial charge in [0.1, 0.15) is 5.76 Å². The van der Waals surface area contributed by atoms with Crippen molar-refractivity contribution in [2.24, 2.45) is 0 Å². The molecule has 1 atom stereocenters. The molecular weight excluding hydrogens is 320 g/mol. The number of methoxy groups -OCH3 is 1. The molecule has 2 aromatic rings. The fraction of sp³-hybridized carbons (Fsp3) is 0.150. The highest BCUT2D eigenvalue weighted by atomic mass is 16.5. The molecule has 0 fully saturated rings. The molecule has 5 nitrogen and oxygen atoms in total. The number of esters is 1. The Hall–Kier alpha value is -3.21. The van der Waals surface area contributed by atoms with Gasteiger partial charge in [0.15, 0.2) is 0 Å². The summed E-state index contributed by atoms with van der Waals surface area (Å²) in [4.78, 5) is 37.0. The van der Waals surface area contributed by atoms with E-state index >= 15 is 0 Å². The second-order valence-electron chi connectivity index (χ2n) is 5.71. The normalized spacial score (nSPS) is 14.9. The van der Waals surface area contributed by atoms with Gasteiger partial charge in [-0.3, -0.25) is 14.4 Å². The van der Waals surface area contributed by atoms with Crippen molar-refractivity contribution in [1.82, 2.24) is 0 Å². The lowest BCUT2D eigenvalue weighted by Crippen LogP contribution is -2.28. The van der Waals surface area contributed by atoms with Crippen LogP contribution in [0.1, 0.15) is 33.8 Å². The zero-order chi connectivity index (χ0) is 18.0. The molecule has 126 valence electrons. The lowest BCUT2D eigenvalue weighted by atomic mass is 9.78. The minimum absolute atomic E-state index is 0.0692. The minimum atomic E-state index is -0.797. The molecule has 0 saturated heterocycles. The van der Waals surface area contributed by atoms with Crippen LogP contribution < -0.4 is 0 Å². The summed E-state index contributed by atoms with van der Waals surface area (Å²) < 4.78 is 4.72. The van der Waals surface area contributed by atoms with Crippen LogP contribution in [0.2, 0.25) is 0 Å². The molecule has 0 spiro atoms. The zero-order valence-corrected chi connectivity index (χ0v) is 13.6. The number of allylic oxidation sites excluding steroid dienone is 1. The maximum Gasteiger partial charge on any atom is 0.306 e. The van der Waals surface area contributed by atoms with Gasteiger partial charge in [-0.2, -0.15) is 0 Å². The fourth-order valence-electron chi connectivity index (χ4n) is 3.03. The standard InChI is InChI=1S/C20H16O5/c1-25-16(21)11-15(12-7-3-2-4-8-12)17-18(22)13-9-5-6-10-14(13)19(23)20(17)24/h2-10,15,22H,11H2,1H3. The number of rotatable bonds is 4. The first kappa shape index (κ1) is 16.6. The van der Waals surface area contributed by atoms with Crippen LogP contribution in [0.3, 0.4) is 0 Å². The highest BCUT2D eigenvalue weighted by Gasteiger charge is 2.38. The van der Waals surface area contributed by atoms with E-state index in [0.29, 0.717) is 11.1 Å². The highest BCUT2D eigenvalue weighted by Crippen LogP contribution is 2.38. The van der Waals surface area contributed by atoms with E-state index in [1.165, 1.54) is 13.2 Å². The summed E-state index contributed by atoms with van der Waals surface area (Å²) >= 11 is 0. The van der Waals surface area contributed by atoms with Gasteiger partial charge in [0.05, 0.1) is 19.1 Å². The average Bonchev–Trinajstić information content (AvgIpc) is 2.66. The molecule has 25 heavy (non-hydrogen) atoms. The Kier molecular flexibility index (Phi) is 4.48. The third-order valence-corrected chi connectivity index (χ3v) is 4.28. The maximum atomic E-state index is 12.7. The Labute approximate surface area is 144 Å². The zero-order valence-electron chi connectivity index (χ0n) is 13.6. The van der Waals surface area contributed by atoms with Crippen LogP contribution in [0.5, 0.6) is 0 Å². The van der Waals surface area contributed by atoms with Gasteiger partial charge in [0, 0.05) is 17.0 Å². The molecule has 1 N–H and O–H groups in total. The highest BCUT2D eigenvalue weighted by molar-refractivity contribution is 6.52. The van der Waals surface area contributed by atoms with Gasteiger partial charge in [-0.25, -0.2) is 0 Å². The Morgan fingerprint density at radius 3 is 2.20 bits per heavy atom. The Bertz CT molecular complexity index is 880. The summed E-state index contributed by atoms with van der Waals surface area (Å²) in [5.74, 6) is -3.05. The third kappa shape index (κ3) is 2.96. The first-order chi connectivity index (χ1) is 12.0. The van der Waals surface area contributed by atoms with E-state index < -0.39 is 23.5 Å². The molecule has 0 aliphatic heterocycles. The SMILES string of the molecule is COC(=O)CC(C1=C(O)c2ccccc2C(=O)C1=O)c1ccccc1. The summed E-state index contributed by atoms with van der Waals surface area (Å²) in [5.41, 5.74) is 1.04. The van der Waals surface area contributed by atoms with Crippen LogP contribution >= 0.6 is 0 Å². The molecule has 0 saturated carbocycles. The molecule has 1 unspecified atom stereocenters. The molecule has 0 radical (unpaired) electrons. The van der Waals surface area contributed by atoms with Crippen molar-refractivity contribution in [2.75, 3.05) is 7.11 Å². The Balaban J connectivity index is 2.19. The van der Waals surface area contributed by atoms with Crippen molar-refractivity contribution in [2.45, 2.75) is 12.3 Å². The number of hydrogen-bond donors (Lipinski definition) is 1. The lowest BCUT2D eigenvalue weighted by Gasteiger charge is -2.24. The second kappa shape index (κ2) is 6.73. The maximum absolute atomic E-state index is 12.7. The summed E-state index contributed by atoms with van der Waals surface area (Å²) in [6.07, 6.45) is -0.152. The van der Waals surface area contributed by atoms with E-state index in [0.717, 1.165) is 0 Å². The van der Waals surface area contributed by atoms with E-state index in [-0.39, 0.29) is 23.3 Å². The predicted molar refractivity (Wildman–Crippen MR) is 91.1 cm³/mol. The van der Waals surface area contributed by atoms with Crippen molar-refractivity contribution >= 4 is 23.3 Å². The van der Waals surface area contributed by atoms with Gasteiger partial charge >= 0.3 is 5.97 Å². The monoisotopic (exact) mass is 336 g/mol. The largest absolute Gasteiger partial charge is 0.507 e. The number of hydrogen-bond acceptors (Lipinski definition) is 5. The number of aliphatic hydroxyl groups excluding tert-OH is 1. The Morgan fingerprint density at radius 1 is 0.960 bits per heavy atom. The number of ketones is 2. The third-order valence-electron chi connectivity index (χ3n) is 4.28. The number of ether oxygens (including phenoxy) is 1. The van der Waals surface area contributed by atoms with Crippen molar-refractivity contribution in [3.8, 4) is 0 Å². The second-order valence-corrected chi connectivity index (χ2v) is 5.71. The minimum Gasteiger partial charge on any atom is -0.507 e. The van der Waals surface area contributed by atoms with Crippen LogP contribution in [-0.4, -0.2) is 29.8 Å². The number of Topliss-reactive ketones (excluding diaryl/α,β-unsaturated/α-hetero) is 2. The molecule has 2 aromatic carbocycles. The van der Waals surface area contributed by atoms with Crippen molar-refractivity contribution < 1.29 is 24.2 Å². The van der Waals surface area contributed by atoms with Crippen molar-refractivity contribution in [3.05, 3.63) is 76.9 Å². The topological polar surface area (TPSA) is 80.7 Å². The Morgan fingerprint density at radius 2 is 1.56 bits per heavy atom. The number of carbonyl (C=O) groups excluding carboxylic acids is 3.